The van der Waals surface area contributed by atoms with E-state index in [0.29, 0.717) is 12.2 Å². The highest BCUT2D eigenvalue weighted by atomic mass is 16.5. The lowest BCUT2D eigenvalue weighted by Crippen LogP contribution is -2.07. The Kier molecular flexibility index (Phi) is 4.51. The molecule has 1 aromatic carbocycles. The van der Waals surface area contributed by atoms with Crippen LogP contribution in [-0.4, -0.2) is 25.7 Å². The van der Waals surface area contributed by atoms with Crippen LogP contribution in [0, 0.1) is 0 Å². The first kappa shape index (κ1) is 12.2. The second kappa shape index (κ2) is 5.90. The standard InChI is InChI=1S/C12H14O4/c1-3-16-12(14)10-6-4-5-9(7-10)8-11(13)15-2/h4-7H,3,8H2,1-2H3. The van der Waals surface area contributed by atoms with Crippen LogP contribution in [0.1, 0.15) is 22.8 Å². The molecule has 0 N–H and O–H groups in total. The summed E-state index contributed by atoms with van der Waals surface area (Å²) < 4.78 is 9.41. The highest BCUT2D eigenvalue weighted by molar-refractivity contribution is 5.89. The lowest BCUT2D eigenvalue weighted by atomic mass is 10.1. The fraction of sp³-hybridized carbons (Fsp3) is 0.333. The van der Waals surface area contributed by atoms with E-state index in [4.69, 9.17) is 4.74 Å². The second-order valence-corrected chi connectivity index (χ2v) is 3.17. The van der Waals surface area contributed by atoms with Crippen molar-refractivity contribution in [3.8, 4) is 0 Å². The van der Waals surface area contributed by atoms with Crippen molar-refractivity contribution in [3.63, 3.8) is 0 Å². The average molecular weight is 222 g/mol. The minimum Gasteiger partial charge on any atom is -0.469 e. The number of ether oxygens (including phenoxy) is 2. The van der Waals surface area contributed by atoms with Gasteiger partial charge in [0.05, 0.1) is 25.7 Å². The Bertz CT molecular complexity index is 384. The molecule has 86 valence electrons. The third-order valence-corrected chi connectivity index (χ3v) is 2.01. The molecule has 0 bridgehead atoms. The van der Waals surface area contributed by atoms with Crippen LogP contribution in [-0.2, 0) is 20.7 Å². The number of carbonyl (C=O) groups is 2. The van der Waals surface area contributed by atoms with Crippen molar-refractivity contribution in [2.45, 2.75) is 13.3 Å². The van der Waals surface area contributed by atoms with Crippen LogP contribution in [0.5, 0.6) is 0 Å². The first-order chi connectivity index (χ1) is 7.67. The van der Waals surface area contributed by atoms with E-state index in [1.165, 1.54) is 7.11 Å². The highest BCUT2D eigenvalue weighted by Gasteiger charge is 2.08. The summed E-state index contributed by atoms with van der Waals surface area (Å²) >= 11 is 0. The molecule has 0 unspecified atom stereocenters. The van der Waals surface area contributed by atoms with Gasteiger partial charge in [-0.3, -0.25) is 4.79 Å². The summed E-state index contributed by atoms with van der Waals surface area (Å²) in [6.45, 7) is 2.08. The normalized spacial score (nSPS) is 9.62. The number of carbonyl (C=O) groups excluding carboxylic acids is 2. The van der Waals surface area contributed by atoms with Crippen LogP contribution in [0.25, 0.3) is 0 Å². The molecular formula is C12H14O4. The first-order valence-electron chi connectivity index (χ1n) is 5.00. The molecule has 0 aliphatic carbocycles. The third kappa shape index (κ3) is 3.38. The van der Waals surface area contributed by atoms with Gasteiger partial charge in [0.25, 0.3) is 0 Å². The zero-order valence-corrected chi connectivity index (χ0v) is 9.36. The minimum atomic E-state index is -0.380. The molecule has 4 heteroatoms. The summed E-state index contributed by atoms with van der Waals surface area (Å²) in [5.74, 6) is -0.713. The summed E-state index contributed by atoms with van der Waals surface area (Å²) in [5.41, 5.74) is 1.18. The molecule has 0 aromatic heterocycles. The Morgan fingerprint density at radius 1 is 1.31 bits per heavy atom. The summed E-state index contributed by atoms with van der Waals surface area (Å²) in [7, 11) is 1.33. The van der Waals surface area contributed by atoms with E-state index in [-0.39, 0.29) is 18.4 Å². The number of hydrogen-bond donors (Lipinski definition) is 0. The van der Waals surface area contributed by atoms with Crippen molar-refractivity contribution in [3.05, 3.63) is 35.4 Å². The van der Waals surface area contributed by atoms with E-state index >= 15 is 0 Å². The van der Waals surface area contributed by atoms with Gasteiger partial charge in [0, 0.05) is 0 Å². The summed E-state index contributed by atoms with van der Waals surface area (Å²) in [6.07, 6.45) is 0.156. The topological polar surface area (TPSA) is 52.6 Å². The van der Waals surface area contributed by atoms with Gasteiger partial charge in [0.1, 0.15) is 0 Å². The van der Waals surface area contributed by atoms with Crippen molar-refractivity contribution < 1.29 is 19.1 Å². The summed E-state index contributed by atoms with van der Waals surface area (Å²) in [4.78, 5) is 22.5. The zero-order chi connectivity index (χ0) is 12.0. The van der Waals surface area contributed by atoms with Crippen molar-refractivity contribution in [1.29, 1.82) is 0 Å². The van der Waals surface area contributed by atoms with Gasteiger partial charge in [0.2, 0.25) is 0 Å². The van der Waals surface area contributed by atoms with Crippen molar-refractivity contribution >= 4 is 11.9 Å². The zero-order valence-electron chi connectivity index (χ0n) is 9.36. The molecule has 0 aliphatic rings. The molecule has 1 rings (SSSR count). The number of esters is 2. The number of hydrogen-bond acceptors (Lipinski definition) is 4. The maximum atomic E-state index is 11.4. The molecule has 0 spiro atoms. The van der Waals surface area contributed by atoms with E-state index in [1.807, 2.05) is 0 Å². The second-order valence-electron chi connectivity index (χ2n) is 3.17. The van der Waals surface area contributed by atoms with Crippen LogP contribution in [0.3, 0.4) is 0 Å². The Hall–Kier alpha value is -1.84. The lowest BCUT2D eigenvalue weighted by Gasteiger charge is -2.04. The molecule has 0 atom stereocenters. The Labute approximate surface area is 94.2 Å². The Morgan fingerprint density at radius 3 is 2.69 bits per heavy atom. The Morgan fingerprint density at radius 2 is 2.06 bits per heavy atom. The van der Waals surface area contributed by atoms with Crippen LogP contribution in [0.4, 0.5) is 0 Å². The molecule has 0 saturated carbocycles. The monoisotopic (exact) mass is 222 g/mol. The minimum absolute atomic E-state index is 0.156. The smallest absolute Gasteiger partial charge is 0.338 e. The van der Waals surface area contributed by atoms with Gasteiger partial charge in [0.15, 0.2) is 0 Å². The average Bonchev–Trinajstić information content (AvgIpc) is 2.29. The molecule has 0 heterocycles. The molecule has 0 aliphatic heterocycles. The molecule has 0 radical (unpaired) electrons. The van der Waals surface area contributed by atoms with Crippen LogP contribution < -0.4 is 0 Å². The van der Waals surface area contributed by atoms with Gasteiger partial charge in [-0.05, 0) is 24.6 Å². The van der Waals surface area contributed by atoms with Crippen molar-refractivity contribution in [2.75, 3.05) is 13.7 Å². The van der Waals surface area contributed by atoms with E-state index < -0.39 is 0 Å². The number of methoxy groups -OCH3 is 1. The highest BCUT2D eigenvalue weighted by Crippen LogP contribution is 2.08. The van der Waals surface area contributed by atoms with E-state index in [0.717, 1.165) is 5.56 Å². The maximum Gasteiger partial charge on any atom is 0.338 e. The molecule has 0 saturated heterocycles. The summed E-state index contributed by atoms with van der Waals surface area (Å²) in [6, 6.07) is 6.76. The van der Waals surface area contributed by atoms with Gasteiger partial charge in [-0.15, -0.1) is 0 Å². The third-order valence-electron chi connectivity index (χ3n) is 2.01. The molecule has 0 fully saturated rings. The van der Waals surface area contributed by atoms with E-state index in [1.54, 1.807) is 31.2 Å². The van der Waals surface area contributed by atoms with Crippen LogP contribution in [0.15, 0.2) is 24.3 Å². The fourth-order valence-electron chi connectivity index (χ4n) is 1.26. The largest absolute Gasteiger partial charge is 0.469 e. The van der Waals surface area contributed by atoms with E-state index in [2.05, 4.69) is 4.74 Å². The molecule has 16 heavy (non-hydrogen) atoms. The van der Waals surface area contributed by atoms with Gasteiger partial charge in [-0.2, -0.15) is 0 Å². The molecule has 4 nitrogen and oxygen atoms in total. The van der Waals surface area contributed by atoms with Gasteiger partial charge in [-0.25, -0.2) is 4.79 Å². The van der Waals surface area contributed by atoms with E-state index in [9.17, 15) is 9.59 Å². The molecule has 0 amide bonds. The fourth-order valence-corrected chi connectivity index (χ4v) is 1.26. The maximum absolute atomic E-state index is 11.4. The van der Waals surface area contributed by atoms with Crippen molar-refractivity contribution in [2.24, 2.45) is 0 Å². The van der Waals surface area contributed by atoms with Crippen molar-refractivity contribution in [1.82, 2.24) is 0 Å². The lowest BCUT2D eigenvalue weighted by molar-refractivity contribution is -0.139. The number of rotatable bonds is 4. The molecule has 1 aromatic rings. The first-order valence-corrected chi connectivity index (χ1v) is 5.00. The summed E-state index contributed by atoms with van der Waals surface area (Å²) in [5, 5.41) is 0. The Balaban J connectivity index is 2.78. The van der Waals surface area contributed by atoms with Crippen LogP contribution >= 0.6 is 0 Å². The van der Waals surface area contributed by atoms with Gasteiger partial charge < -0.3 is 9.47 Å². The van der Waals surface area contributed by atoms with Gasteiger partial charge >= 0.3 is 11.9 Å². The predicted molar refractivity (Wildman–Crippen MR) is 58.1 cm³/mol. The molecular weight excluding hydrogens is 208 g/mol. The number of benzene rings is 1. The predicted octanol–water partition coefficient (Wildman–Crippen LogP) is 1.58. The van der Waals surface area contributed by atoms with Crippen LogP contribution in [0.2, 0.25) is 0 Å². The van der Waals surface area contributed by atoms with Gasteiger partial charge in [-0.1, -0.05) is 12.1 Å². The quantitative estimate of drug-likeness (QED) is 0.726. The SMILES string of the molecule is CCOC(=O)c1cccc(CC(=O)OC)c1.